The van der Waals surface area contributed by atoms with E-state index in [2.05, 4.69) is 23.1 Å². The molecule has 0 saturated carbocycles. The maximum atomic E-state index is 14.0. The second-order valence-electron chi connectivity index (χ2n) is 9.34. The average Bonchev–Trinajstić information content (AvgIpc) is 2.92. The standard InChI is InChI=1S/C29H23N3O4/c1-35-25-11-9-22-27-19(25)5-3-7-24(27)32-28(30-22)20-8-10-23(31-14-12-17(13-15-31)36-16-33)18-4-2-6-21(26(18)20)29(32)34/h2-11,16-17H,12-15H2,1H3. The Morgan fingerprint density at radius 3 is 2.47 bits per heavy atom. The molecule has 3 heterocycles. The number of rotatable bonds is 4. The van der Waals surface area contributed by atoms with E-state index in [0.29, 0.717) is 17.5 Å². The van der Waals surface area contributed by atoms with Gasteiger partial charge in [-0.1, -0.05) is 24.3 Å². The molecule has 6 aromatic rings. The highest BCUT2D eigenvalue weighted by Gasteiger charge is 2.24. The molecule has 178 valence electrons. The summed E-state index contributed by atoms with van der Waals surface area (Å²) in [5, 5.41) is 5.44. The zero-order valence-corrected chi connectivity index (χ0v) is 19.7. The number of fused-ring (bicyclic) bond motifs is 3. The highest BCUT2D eigenvalue weighted by atomic mass is 16.5. The third-order valence-corrected chi connectivity index (χ3v) is 7.58. The number of anilines is 1. The Morgan fingerprint density at radius 2 is 1.67 bits per heavy atom. The van der Waals surface area contributed by atoms with Crippen molar-refractivity contribution in [1.82, 2.24) is 9.38 Å². The molecule has 1 fully saturated rings. The fourth-order valence-corrected chi connectivity index (χ4v) is 5.93. The van der Waals surface area contributed by atoms with Crippen molar-refractivity contribution in [1.29, 1.82) is 0 Å². The van der Waals surface area contributed by atoms with Gasteiger partial charge in [-0.3, -0.25) is 14.0 Å². The number of nitrogens with zero attached hydrogens (tertiary/aromatic N) is 3. The third kappa shape index (κ3) is 2.83. The van der Waals surface area contributed by atoms with E-state index in [1.807, 2.05) is 42.5 Å². The molecular formula is C29H23N3O4. The number of ether oxygens (including phenoxy) is 2. The lowest BCUT2D eigenvalue weighted by atomic mass is 9.98. The van der Waals surface area contributed by atoms with Crippen LogP contribution in [0, 0.1) is 0 Å². The van der Waals surface area contributed by atoms with Crippen molar-refractivity contribution < 1.29 is 14.3 Å². The van der Waals surface area contributed by atoms with E-state index in [1.54, 1.807) is 11.5 Å². The lowest BCUT2D eigenvalue weighted by Gasteiger charge is -2.33. The minimum absolute atomic E-state index is 0.0353. The van der Waals surface area contributed by atoms with Gasteiger partial charge in [0.1, 0.15) is 17.5 Å². The fraction of sp³-hybridized carbons (Fsp3) is 0.207. The van der Waals surface area contributed by atoms with Crippen molar-refractivity contribution in [3.63, 3.8) is 0 Å². The number of aromatic nitrogens is 2. The van der Waals surface area contributed by atoms with Crippen LogP contribution in [-0.2, 0) is 9.53 Å². The van der Waals surface area contributed by atoms with Crippen LogP contribution in [0.25, 0.3) is 49.0 Å². The molecule has 1 aliphatic heterocycles. The summed E-state index contributed by atoms with van der Waals surface area (Å²) in [6.07, 6.45) is 1.53. The zero-order valence-electron chi connectivity index (χ0n) is 19.7. The third-order valence-electron chi connectivity index (χ3n) is 7.58. The quantitative estimate of drug-likeness (QED) is 0.204. The monoisotopic (exact) mass is 477 g/mol. The molecule has 0 bridgehead atoms. The van der Waals surface area contributed by atoms with E-state index in [4.69, 9.17) is 14.5 Å². The molecule has 1 aliphatic rings. The number of hydrogen-bond acceptors (Lipinski definition) is 6. The van der Waals surface area contributed by atoms with Gasteiger partial charge in [-0.2, -0.15) is 0 Å². The maximum Gasteiger partial charge on any atom is 0.293 e. The summed E-state index contributed by atoms with van der Waals surface area (Å²) >= 11 is 0. The molecule has 36 heavy (non-hydrogen) atoms. The van der Waals surface area contributed by atoms with Crippen LogP contribution in [0.4, 0.5) is 5.69 Å². The van der Waals surface area contributed by atoms with Gasteiger partial charge in [0.05, 0.1) is 18.1 Å². The van der Waals surface area contributed by atoms with Crippen LogP contribution in [0.1, 0.15) is 12.8 Å². The Labute approximate surface area is 205 Å². The molecular weight excluding hydrogens is 454 g/mol. The first-order valence-electron chi connectivity index (χ1n) is 12.1. The van der Waals surface area contributed by atoms with Crippen LogP contribution in [0.15, 0.2) is 65.5 Å². The van der Waals surface area contributed by atoms with E-state index in [-0.39, 0.29) is 11.7 Å². The van der Waals surface area contributed by atoms with Crippen molar-refractivity contribution in [2.24, 2.45) is 0 Å². The topological polar surface area (TPSA) is 73.1 Å². The minimum Gasteiger partial charge on any atom is -0.496 e. The van der Waals surface area contributed by atoms with Crippen LogP contribution in [-0.4, -0.2) is 42.2 Å². The van der Waals surface area contributed by atoms with Crippen molar-refractivity contribution in [3.05, 3.63) is 71.0 Å². The van der Waals surface area contributed by atoms with E-state index < -0.39 is 0 Å². The number of carbonyl (C=O) groups is 1. The first-order chi connectivity index (χ1) is 17.7. The molecule has 2 aromatic heterocycles. The molecule has 7 heteroatoms. The molecule has 0 radical (unpaired) electrons. The van der Waals surface area contributed by atoms with Gasteiger partial charge in [-0.15, -0.1) is 0 Å². The summed E-state index contributed by atoms with van der Waals surface area (Å²) in [4.78, 5) is 32.1. The van der Waals surface area contributed by atoms with E-state index >= 15 is 0 Å². The molecule has 0 atom stereocenters. The normalized spacial score (nSPS) is 15.0. The number of benzene rings is 4. The number of piperidine rings is 1. The van der Waals surface area contributed by atoms with E-state index in [1.165, 1.54) is 0 Å². The lowest BCUT2D eigenvalue weighted by Crippen LogP contribution is -2.37. The minimum atomic E-state index is -0.0805. The number of hydrogen-bond donors (Lipinski definition) is 0. The highest BCUT2D eigenvalue weighted by molar-refractivity contribution is 6.20. The number of methoxy groups -OCH3 is 1. The fourth-order valence-electron chi connectivity index (χ4n) is 5.93. The molecule has 0 unspecified atom stereocenters. The summed E-state index contributed by atoms with van der Waals surface area (Å²) in [6, 6.07) is 20.0. The van der Waals surface area contributed by atoms with Gasteiger partial charge in [0.25, 0.3) is 12.0 Å². The zero-order chi connectivity index (χ0) is 24.4. The largest absolute Gasteiger partial charge is 0.496 e. The summed E-state index contributed by atoms with van der Waals surface area (Å²) in [5.74, 6) is 0.758. The second-order valence-corrected chi connectivity index (χ2v) is 9.34. The van der Waals surface area contributed by atoms with Crippen LogP contribution in [0.2, 0.25) is 0 Å². The predicted octanol–water partition coefficient (Wildman–Crippen LogP) is 4.90. The Kier molecular flexibility index (Phi) is 4.54. The summed E-state index contributed by atoms with van der Waals surface area (Å²) in [5.41, 5.74) is 3.31. The summed E-state index contributed by atoms with van der Waals surface area (Å²) in [6.45, 7) is 2.12. The predicted molar refractivity (Wildman–Crippen MR) is 142 cm³/mol. The molecule has 1 saturated heterocycles. The van der Waals surface area contributed by atoms with Gasteiger partial charge in [-0.25, -0.2) is 4.98 Å². The molecule has 7 rings (SSSR count). The molecule has 0 amide bonds. The smallest absolute Gasteiger partial charge is 0.293 e. The summed E-state index contributed by atoms with van der Waals surface area (Å²) in [7, 11) is 1.65. The Bertz CT molecular complexity index is 1870. The van der Waals surface area contributed by atoms with Gasteiger partial charge in [-0.05, 0) is 36.4 Å². The first-order valence-corrected chi connectivity index (χ1v) is 12.1. The highest BCUT2D eigenvalue weighted by Crippen LogP contribution is 2.38. The Balaban J connectivity index is 1.53. The van der Waals surface area contributed by atoms with E-state index in [0.717, 1.165) is 75.3 Å². The van der Waals surface area contributed by atoms with Crippen molar-refractivity contribution >= 4 is 61.2 Å². The first kappa shape index (κ1) is 20.9. The molecule has 0 aliphatic carbocycles. The van der Waals surface area contributed by atoms with Gasteiger partial charge in [0, 0.05) is 63.9 Å². The Morgan fingerprint density at radius 1 is 0.889 bits per heavy atom. The molecule has 0 N–H and O–H groups in total. The second kappa shape index (κ2) is 7.81. The van der Waals surface area contributed by atoms with Gasteiger partial charge in [0.15, 0.2) is 0 Å². The number of pyridine rings is 1. The SMILES string of the molecule is COc1ccc2nc3c4ccc(N5CCC(OC=O)CC5)c5cccc(c(=O)n3c3cccc1c23)c54. The summed E-state index contributed by atoms with van der Waals surface area (Å²) < 4.78 is 12.5. The maximum absolute atomic E-state index is 14.0. The molecule has 7 nitrogen and oxygen atoms in total. The van der Waals surface area contributed by atoms with Crippen LogP contribution >= 0.6 is 0 Å². The molecule has 4 aromatic carbocycles. The average molecular weight is 478 g/mol. The van der Waals surface area contributed by atoms with Gasteiger partial charge < -0.3 is 14.4 Å². The molecule has 0 spiro atoms. The van der Waals surface area contributed by atoms with Crippen LogP contribution in [0.3, 0.4) is 0 Å². The van der Waals surface area contributed by atoms with Crippen molar-refractivity contribution in [2.75, 3.05) is 25.1 Å². The van der Waals surface area contributed by atoms with Crippen molar-refractivity contribution in [2.45, 2.75) is 18.9 Å². The van der Waals surface area contributed by atoms with Crippen LogP contribution in [0.5, 0.6) is 5.75 Å². The lowest BCUT2D eigenvalue weighted by molar-refractivity contribution is -0.134. The van der Waals surface area contributed by atoms with E-state index in [9.17, 15) is 9.59 Å². The van der Waals surface area contributed by atoms with Gasteiger partial charge >= 0.3 is 0 Å². The van der Waals surface area contributed by atoms with Crippen molar-refractivity contribution in [3.8, 4) is 5.75 Å². The van der Waals surface area contributed by atoms with Crippen LogP contribution < -0.4 is 15.2 Å². The van der Waals surface area contributed by atoms with Gasteiger partial charge in [0.2, 0.25) is 0 Å². The number of carbonyl (C=O) groups excluding carboxylic acids is 1. The Hall–Kier alpha value is -4.39.